The van der Waals surface area contributed by atoms with Gasteiger partial charge in [0.1, 0.15) is 8.07 Å². The summed E-state index contributed by atoms with van der Waals surface area (Å²) in [6.07, 6.45) is 14.5. The van der Waals surface area contributed by atoms with Crippen molar-refractivity contribution in [3.8, 4) is 0 Å². The number of hydrogen-bond donors (Lipinski definition) is 0. The summed E-state index contributed by atoms with van der Waals surface area (Å²) in [5, 5.41) is 1.86. The van der Waals surface area contributed by atoms with Crippen molar-refractivity contribution in [2.45, 2.75) is 77.8 Å². The zero-order valence-corrected chi connectivity index (χ0v) is 13.1. The smallest absolute Gasteiger partial charge is 0.0901 e. The SMILES string of the molecule is CCCCC1=CC=C[Si]1(CCCC)CCCC. The molecule has 0 nitrogen and oxygen atoms in total. The molecule has 0 radical (unpaired) electrons. The summed E-state index contributed by atoms with van der Waals surface area (Å²) in [6.45, 7) is 6.97. The molecule has 17 heavy (non-hydrogen) atoms. The zero-order valence-electron chi connectivity index (χ0n) is 12.1. The highest BCUT2D eigenvalue weighted by Crippen LogP contribution is 2.36. The number of unbranched alkanes of at least 4 members (excludes halogenated alkanes) is 3. The Morgan fingerprint density at radius 3 is 2.00 bits per heavy atom. The molecular weight excluding hydrogens is 220 g/mol. The van der Waals surface area contributed by atoms with E-state index in [0.717, 1.165) is 0 Å². The van der Waals surface area contributed by atoms with Gasteiger partial charge in [-0.1, -0.05) is 94.4 Å². The van der Waals surface area contributed by atoms with E-state index in [1.54, 1.807) is 0 Å². The van der Waals surface area contributed by atoms with Crippen molar-refractivity contribution in [2.75, 3.05) is 0 Å². The number of hydrogen-bond acceptors (Lipinski definition) is 0. The molecule has 1 aliphatic heterocycles. The van der Waals surface area contributed by atoms with Gasteiger partial charge in [0.05, 0.1) is 0 Å². The molecule has 0 saturated carbocycles. The van der Waals surface area contributed by atoms with Crippen LogP contribution in [0.15, 0.2) is 23.0 Å². The minimum atomic E-state index is -1.16. The van der Waals surface area contributed by atoms with Crippen molar-refractivity contribution in [3.63, 3.8) is 0 Å². The molecule has 0 aliphatic carbocycles. The quantitative estimate of drug-likeness (QED) is 0.454. The molecule has 0 aromatic rings. The van der Waals surface area contributed by atoms with Crippen molar-refractivity contribution in [1.29, 1.82) is 0 Å². The molecule has 0 amide bonds. The van der Waals surface area contributed by atoms with Crippen LogP contribution in [-0.2, 0) is 0 Å². The van der Waals surface area contributed by atoms with Gasteiger partial charge in [-0.25, -0.2) is 0 Å². The molecular formula is C16H30Si. The van der Waals surface area contributed by atoms with Crippen molar-refractivity contribution in [2.24, 2.45) is 0 Å². The molecule has 1 heteroatoms. The van der Waals surface area contributed by atoms with Crippen LogP contribution in [0.4, 0.5) is 0 Å². The fourth-order valence-corrected chi connectivity index (χ4v) is 7.89. The molecule has 0 N–H and O–H groups in total. The predicted molar refractivity (Wildman–Crippen MR) is 81.9 cm³/mol. The standard InChI is InChI=1S/C16H30Si/c1-4-7-11-16-12-10-15-17(16,13-8-5-2)14-9-6-3/h10,12,15H,4-9,11,13-14H2,1-3H3. The van der Waals surface area contributed by atoms with Crippen LogP contribution in [0.2, 0.25) is 12.1 Å². The molecule has 0 spiro atoms. The van der Waals surface area contributed by atoms with Crippen LogP contribution in [0.25, 0.3) is 0 Å². The molecule has 0 aromatic carbocycles. The molecule has 0 fully saturated rings. The van der Waals surface area contributed by atoms with Gasteiger partial charge in [0, 0.05) is 0 Å². The van der Waals surface area contributed by atoms with Crippen molar-refractivity contribution >= 4 is 8.07 Å². The summed E-state index contributed by atoms with van der Waals surface area (Å²) in [4.78, 5) is 0. The van der Waals surface area contributed by atoms with E-state index in [1.165, 1.54) is 57.0 Å². The van der Waals surface area contributed by atoms with Crippen LogP contribution >= 0.6 is 0 Å². The van der Waals surface area contributed by atoms with E-state index in [-0.39, 0.29) is 0 Å². The Morgan fingerprint density at radius 1 is 0.882 bits per heavy atom. The first-order chi connectivity index (χ1) is 8.29. The normalized spacial score (nSPS) is 17.5. The maximum Gasteiger partial charge on any atom is 0.105 e. The Morgan fingerprint density at radius 2 is 1.47 bits per heavy atom. The predicted octanol–water partition coefficient (Wildman–Crippen LogP) is 5.80. The Kier molecular flexibility index (Phi) is 6.87. The Hall–Kier alpha value is -0.303. The summed E-state index contributed by atoms with van der Waals surface area (Å²) < 4.78 is 0. The van der Waals surface area contributed by atoms with Gasteiger partial charge in [-0.3, -0.25) is 0 Å². The van der Waals surface area contributed by atoms with Gasteiger partial charge in [0.2, 0.25) is 0 Å². The second-order valence-electron chi connectivity index (χ2n) is 5.52. The first kappa shape index (κ1) is 14.8. The van der Waals surface area contributed by atoms with E-state index in [2.05, 4.69) is 38.6 Å². The zero-order chi connectivity index (χ0) is 12.6. The van der Waals surface area contributed by atoms with Gasteiger partial charge in [-0.15, -0.1) is 0 Å². The van der Waals surface area contributed by atoms with E-state index in [4.69, 9.17) is 0 Å². The van der Waals surface area contributed by atoms with Crippen LogP contribution in [-0.4, -0.2) is 8.07 Å². The molecule has 0 atom stereocenters. The van der Waals surface area contributed by atoms with Crippen LogP contribution in [0.1, 0.15) is 65.7 Å². The molecule has 0 saturated heterocycles. The maximum atomic E-state index is 2.64. The van der Waals surface area contributed by atoms with Crippen LogP contribution in [0.5, 0.6) is 0 Å². The number of rotatable bonds is 9. The molecule has 0 bridgehead atoms. The van der Waals surface area contributed by atoms with Crippen molar-refractivity contribution in [1.82, 2.24) is 0 Å². The average Bonchev–Trinajstić information content (AvgIpc) is 2.75. The molecule has 1 aliphatic rings. The summed E-state index contributed by atoms with van der Waals surface area (Å²) in [5.41, 5.74) is 2.64. The highest BCUT2D eigenvalue weighted by atomic mass is 28.3. The Balaban J connectivity index is 2.66. The summed E-state index contributed by atoms with van der Waals surface area (Å²) in [5.74, 6) is 0. The number of allylic oxidation sites excluding steroid dienone is 3. The largest absolute Gasteiger partial charge is 0.105 e. The minimum Gasteiger partial charge on any atom is -0.0901 e. The van der Waals surface area contributed by atoms with Gasteiger partial charge in [0.15, 0.2) is 0 Å². The van der Waals surface area contributed by atoms with Crippen LogP contribution in [0, 0.1) is 0 Å². The molecule has 0 aromatic heterocycles. The fourth-order valence-electron chi connectivity index (χ4n) is 2.92. The monoisotopic (exact) mass is 250 g/mol. The van der Waals surface area contributed by atoms with Crippen LogP contribution < -0.4 is 0 Å². The summed E-state index contributed by atoms with van der Waals surface area (Å²) in [6, 6.07) is 3.02. The highest BCUT2D eigenvalue weighted by molar-refractivity contribution is 6.91. The third kappa shape index (κ3) is 4.13. The molecule has 1 heterocycles. The second-order valence-corrected chi connectivity index (χ2v) is 9.81. The van der Waals surface area contributed by atoms with Gasteiger partial charge >= 0.3 is 0 Å². The Labute approximate surface area is 109 Å². The maximum absolute atomic E-state index is 2.64. The molecule has 98 valence electrons. The van der Waals surface area contributed by atoms with E-state index in [9.17, 15) is 0 Å². The second kappa shape index (κ2) is 7.92. The van der Waals surface area contributed by atoms with Gasteiger partial charge in [-0.05, 0) is 6.42 Å². The minimum absolute atomic E-state index is 1.16. The van der Waals surface area contributed by atoms with Gasteiger partial charge < -0.3 is 0 Å². The topological polar surface area (TPSA) is 0 Å². The third-order valence-electron chi connectivity index (χ3n) is 4.10. The van der Waals surface area contributed by atoms with Gasteiger partial charge in [-0.2, -0.15) is 0 Å². The van der Waals surface area contributed by atoms with E-state index >= 15 is 0 Å². The lowest BCUT2D eigenvalue weighted by molar-refractivity contribution is 0.789. The van der Waals surface area contributed by atoms with Crippen molar-refractivity contribution < 1.29 is 0 Å². The highest BCUT2D eigenvalue weighted by Gasteiger charge is 2.34. The van der Waals surface area contributed by atoms with Crippen LogP contribution in [0.3, 0.4) is 0 Å². The van der Waals surface area contributed by atoms with E-state index < -0.39 is 8.07 Å². The average molecular weight is 251 g/mol. The lowest BCUT2D eigenvalue weighted by Crippen LogP contribution is -2.33. The molecule has 0 unspecified atom stereocenters. The summed E-state index contributed by atoms with van der Waals surface area (Å²) >= 11 is 0. The van der Waals surface area contributed by atoms with Crippen molar-refractivity contribution in [3.05, 3.63) is 23.0 Å². The fraction of sp³-hybridized carbons (Fsp3) is 0.750. The lowest BCUT2D eigenvalue weighted by atomic mass is 10.2. The summed E-state index contributed by atoms with van der Waals surface area (Å²) in [7, 11) is -1.16. The van der Waals surface area contributed by atoms with E-state index in [0.29, 0.717) is 0 Å². The lowest BCUT2D eigenvalue weighted by Gasteiger charge is -2.29. The molecule has 1 rings (SSSR count). The van der Waals surface area contributed by atoms with E-state index in [1.807, 2.05) is 5.20 Å². The van der Waals surface area contributed by atoms with Gasteiger partial charge in [0.25, 0.3) is 0 Å². The first-order valence-corrected chi connectivity index (χ1v) is 10.2. The first-order valence-electron chi connectivity index (χ1n) is 7.68. The third-order valence-corrected chi connectivity index (χ3v) is 9.12. The Bertz CT molecular complexity index is 255.